The Kier molecular flexibility index (Phi) is 6.82. The van der Waals surface area contributed by atoms with Crippen molar-refractivity contribution in [1.29, 1.82) is 0 Å². The number of piperidine rings is 1. The molecular weight excluding hydrogens is 424 g/mol. The van der Waals surface area contributed by atoms with E-state index in [1.807, 2.05) is 30.3 Å². The van der Waals surface area contributed by atoms with Crippen molar-refractivity contribution in [1.82, 2.24) is 15.2 Å². The predicted octanol–water partition coefficient (Wildman–Crippen LogP) is 3.71. The number of pyridine rings is 1. The molecule has 0 unspecified atom stereocenters. The summed E-state index contributed by atoms with van der Waals surface area (Å²) in [4.78, 5) is 29.9. The second-order valence-corrected chi connectivity index (χ2v) is 7.98. The van der Waals surface area contributed by atoms with Gasteiger partial charge in [-0.3, -0.25) is 9.59 Å². The number of aryl methyl sites for hydroxylation is 1. The fraction of sp³-hybridized carbons (Fsp3) is 0.348. The van der Waals surface area contributed by atoms with Crippen molar-refractivity contribution in [2.45, 2.75) is 32.6 Å². The molecule has 0 radical (unpaired) electrons. The smallest absolute Gasteiger partial charge is 0.320 e. The first-order valence-electron chi connectivity index (χ1n) is 10.9. The van der Waals surface area contributed by atoms with Crippen molar-refractivity contribution < 1.29 is 19.1 Å². The van der Waals surface area contributed by atoms with Crippen LogP contribution in [0.3, 0.4) is 0 Å². The molecule has 3 N–H and O–H groups in total. The number of nitrogens with one attached hydrogen (secondary N) is 2. The lowest BCUT2D eigenvalue weighted by Crippen LogP contribution is -2.34. The Labute approximate surface area is 191 Å². The van der Waals surface area contributed by atoms with Crippen LogP contribution in [-0.2, 0) is 11.2 Å². The fourth-order valence-corrected chi connectivity index (χ4v) is 3.76. The number of benzene rings is 1. The third-order valence-electron chi connectivity index (χ3n) is 5.64. The van der Waals surface area contributed by atoms with Gasteiger partial charge in [-0.1, -0.05) is 24.2 Å². The maximum atomic E-state index is 12.5. The summed E-state index contributed by atoms with van der Waals surface area (Å²) in [5.41, 5.74) is 2.51. The van der Waals surface area contributed by atoms with Gasteiger partial charge in [-0.2, -0.15) is 0 Å². The van der Waals surface area contributed by atoms with E-state index < -0.39 is 11.9 Å². The largest absolute Gasteiger partial charge is 0.481 e. The minimum atomic E-state index is -0.749. The summed E-state index contributed by atoms with van der Waals surface area (Å²) in [6.07, 6.45) is 4.38. The highest BCUT2D eigenvalue weighted by molar-refractivity contribution is 6.00. The first kappa shape index (κ1) is 22.3. The molecule has 0 saturated carbocycles. The third kappa shape index (κ3) is 5.85. The van der Waals surface area contributed by atoms with Crippen LogP contribution in [0, 0.1) is 5.92 Å². The standard InChI is InChI=1S/C23H26N6O4/c1-2-15-3-5-17(6-4-15)26-23-28-27-22(33-23)21(32)25-18-7-8-19(24-14-18)29-11-9-16(10-12-29)13-20(30)31/h3-8,14,16H,2,9-13H2,1H3,(H,25,32)(H,26,28)(H,30,31). The van der Waals surface area contributed by atoms with Gasteiger partial charge in [0, 0.05) is 25.2 Å². The van der Waals surface area contributed by atoms with E-state index in [9.17, 15) is 9.59 Å². The fourth-order valence-electron chi connectivity index (χ4n) is 3.76. The van der Waals surface area contributed by atoms with E-state index in [2.05, 4.69) is 37.6 Å². The Morgan fingerprint density at radius 3 is 2.45 bits per heavy atom. The zero-order valence-electron chi connectivity index (χ0n) is 18.3. The van der Waals surface area contributed by atoms with E-state index >= 15 is 0 Å². The summed E-state index contributed by atoms with van der Waals surface area (Å²) in [6, 6.07) is 11.5. The molecule has 0 bridgehead atoms. The highest BCUT2D eigenvalue weighted by Crippen LogP contribution is 2.25. The molecule has 0 aliphatic carbocycles. The number of aliphatic carboxylic acids is 1. The summed E-state index contributed by atoms with van der Waals surface area (Å²) >= 11 is 0. The molecule has 3 aromatic rings. The number of carbonyl (C=O) groups is 2. The van der Waals surface area contributed by atoms with Crippen molar-refractivity contribution in [3.8, 4) is 0 Å². The number of hydrogen-bond donors (Lipinski definition) is 3. The average Bonchev–Trinajstić information content (AvgIpc) is 3.29. The van der Waals surface area contributed by atoms with Gasteiger partial charge >= 0.3 is 23.8 Å². The van der Waals surface area contributed by atoms with E-state index in [-0.39, 0.29) is 24.2 Å². The molecule has 10 nitrogen and oxygen atoms in total. The number of nitrogens with zero attached hydrogens (tertiary/aromatic N) is 4. The second kappa shape index (κ2) is 10.1. The van der Waals surface area contributed by atoms with Crippen LogP contribution in [-0.4, -0.2) is 45.3 Å². The molecule has 4 rings (SSSR count). The molecule has 33 heavy (non-hydrogen) atoms. The van der Waals surface area contributed by atoms with Crippen LogP contribution in [0.5, 0.6) is 0 Å². The Balaban J connectivity index is 1.30. The zero-order valence-corrected chi connectivity index (χ0v) is 18.3. The number of carboxylic acids is 1. The Morgan fingerprint density at radius 2 is 1.82 bits per heavy atom. The molecule has 1 fully saturated rings. The number of amides is 1. The molecule has 1 aliphatic rings. The summed E-state index contributed by atoms with van der Waals surface area (Å²) in [6.45, 7) is 3.60. The molecule has 1 aromatic carbocycles. The summed E-state index contributed by atoms with van der Waals surface area (Å²) < 4.78 is 5.42. The first-order valence-corrected chi connectivity index (χ1v) is 10.9. The van der Waals surface area contributed by atoms with Crippen molar-refractivity contribution >= 4 is 35.1 Å². The summed E-state index contributed by atoms with van der Waals surface area (Å²) in [7, 11) is 0. The minimum absolute atomic E-state index is 0.129. The van der Waals surface area contributed by atoms with E-state index in [1.165, 1.54) is 5.56 Å². The van der Waals surface area contributed by atoms with Gasteiger partial charge < -0.3 is 25.1 Å². The molecule has 1 aliphatic heterocycles. The second-order valence-electron chi connectivity index (χ2n) is 7.98. The molecule has 10 heteroatoms. The number of carboxylic acid groups (broad SMARTS) is 1. The Bertz CT molecular complexity index is 1090. The molecule has 172 valence electrons. The van der Waals surface area contributed by atoms with Gasteiger partial charge in [-0.25, -0.2) is 4.98 Å². The van der Waals surface area contributed by atoms with E-state index in [0.717, 1.165) is 43.9 Å². The number of aromatic nitrogens is 3. The van der Waals surface area contributed by atoms with Gasteiger partial charge in [0.2, 0.25) is 0 Å². The molecule has 0 atom stereocenters. The first-order chi connectivity index (χ1) is 16.0. The molecule has 1 saturated heterocycles. The third-order valence-corrected chi connectivity index (χ3v) is 5.64. The minimum Gasteiger partial charge on any atom is -0.481 e. The highest BCUT2D eigenvalue weighted by atomic mass is 16.4. The van der Waals surface area contributed by atoms with Crippen LogP contribution in [0.4, 0.5) is 23.2 Å². The van der Waals surface area contributed by atoms with E-state index in [1.54, 1.807) is 12.3 Å². The van der Waals surface area contributed by atoms with Gasteiger partial charge in [0.15, 0.2) is 0 Å². The topological polar surface area (TPSA) is 133 Å². The van der Waals surface area contributed by atoms with Crippen LogP contribution in [0.2, 0.25) is 0 Å². The number of hydrogen-bond acceptors (Lipinski definition) is 8. The summed E-state index contributed by atoms with van der Waals surface area (Å²) in [5.74, 6) is -0.434. The lowest BCUT2D eigenvalue weighted by Gasteiger charge is -2.32. The van der Waals surface area contributed by atoms with Gasteiger partial charge in [0.1, 0.15) is 5.82 Å². The van der Waals surface area contributed by atoms with Crippen molar-refractivity contribution in [2.24, 2.45) is 5.92 Å². The number of rotatable bonds is 8. The molecular formula is C23H26N6O4. The Hall–Kier alpha value is -3.95. The van der Waals surface area contributed by atoms with Crippen molar-refractivity contribution in [2.75, 3.05) is 28.6 Å². The van der Waals surface area contributed by atoms with E-state index in [0.29, 0.717) is 5.69 Å². The number of carbonyl (C=O) groups excluding carboxylic acids is 1. The van der Waals surface area contributed by atoms with Gasteiger partial charge in [-0.15, -0.1) is 5.10 Å². The SMILES string of the molecule is CCc1ccc(Nc2nnc(C(=O)Nc3ccc(N4CCC(CC(=O)O)CC4)nc3)o2)cc1. The molecule has 2 aromatic heterocycles. The zero-order chi connectivity index (χ0) is 23.2. The lowest BCUT2D eigenvalue weighted by atomic mass is 9.94. The van der Waals surface area contributed by atoms with Crippen LogP contribution >= 0.6 is 0 Å². The quantitative estimate of drug-likeness (QED) is 0.469. The monoisotopic (exact) mass is 450 g/mol. The number of anilines is 4. The van der Waals surface area contributed by atoms with Crippen LogP contribution < -0.4 is 15.5 Å². The van der Waals surface area contributed by atoms with Crippen molar-refractivity contribution in [3.05, 3.63) is 54.0 Å². The van der Waals surface area contributed by atoms with Crippen LogP contribution in [0.25, 0.3) is 0 Å². The molecule has 3 heterocycles. The highest BCUT2D eigenvalue weighted by Gasteiger charge is 2.22. The Morgan fingerprint density at radius 1 is 1.09 bits per heavy atom. The molecule has 1 amide bonds. The normalized spacial score (nSPS) is 14.2. The lowest BCUT2D eigenvalue weighted by molar-refractivity contribution is -0.138. The predicted molar refractivity (Wildman–Crippen MR) is 123 cm³/mol. The van der Waals surface area contributed by atoms with E-state index in [4.69, 9.17) is 9.52 Å². The maximum Gasteiger partial charge on any atom is 0.320 e. The molecule has 0 spiro atoms. The van der Waals surface area contributed by atoms with Crippen LogP contribution in [0.1, 0.15) is 42.4 Å². The average molecular weight is 450 g/mol. The maximum absolute atomic E-state index is 12.5. The van der Waals surface area contributed by atoms with Gasteiger partial charge in [0.25, 0.3) is 0 Å². The van der Waals surface area contributed by atoms with Crippen molar-refractivity contribution in [3.63, 3.8) is 0 Å². The van der Waals surface area contributed by atoms with Gasteiger partial charge in [0.05, 0.1) is 11.9 Å². The van der Waals surface area contributed by atoms with Gasteiger partial charge in [-0.05, 0) is 55.0 Å². The summed E-state index contributed by atoms with van der Waals surface area (Å²) in [5, 5.41) is 22.3. The van der Waals surface area contributed by atoms with Crippen LogP contribution in [0.15, 0.2) is 47.0 Å².